The Bertz CT molecular complexity index is 830. The van der Waals surface area contributed by atoms with Crippen LogP contribution >= 0.6 is 11.3 Å². The summed E-state index contributed by atoms with van der Waals surface area (Å²) >= 11 is 1.52. The minimum atomic E-state index is -4.73. The lowest BCUT2D eigenvalue weighted by Gasteiger charge is -2.27. The Balaban J connectivity index is 1.83. The van der Waals surface area contributed by atoms with Gasteiger partial charge in [-0.3, -0.25) is 4.90 Å². The van der Waals surface area contributed by atoms with Crippen LogP contribution in [0, 0.1) is 0 Å². The number of nitrogens with one attached hydrogen (secondary N) is 1. The number of benzene rings is 1. The molecule has 0 amide bonds. The van der Waals surface area contributed by atoms with Gasteiger partial charge in [-0.1, -0.05) is 18.2 Å². The Morgan fingerprint density at radius 3 is 2.42 bits per heavy atom. The fraction of sp³-hybridized carbons (Fsp3) is 0.412. The van der Waals surface area contributed by atoms with Crippen molar-refractivity contribution < 1.29 is 21.6 Å². The molecule has 3 rings (SSSR count). The van der Waals surface area contributed by atoms with Crippen molar-refractivity contribution in [3.05, 3.63) is 52.2 Å². The van der Waals surface area contributed by atoms with Gasteiger partial charge in [0, 0.05) is 11.4 Å². The van der Waals surface area contributed by atoms with Gasteiger partial charge in [-0.25, -0.2) is 13.1 Å². The molecule has 1 aliphatic rings. The molecule has 0 spiro atoms. The number of rotatable bonds is 6. The SMILES string of the molecule is O=S(=O)(NCC(c1cccs1)N1CCCC1)c1ccccc1C(F)(F)F. The molecule has 0 aliphatic carbocycles. The molecule has 26 heavy (non-hydrogen) atoms. The maximum absolute atomic E-state index is 13.1. The van der Waals surface area contributed by atoms with Crippen LogP contribution in [0.15, 0.2) is 46.7 Å². The Morgan fingerprint density at radius 1 is 1.12 bits per heavy atom. The predicted molar refractivity (Wildman–Crippen MR) is 94.5 cm³/mol. The number of nitrogens with zero attached hydrogens (tertiary/aromatic N) is 1. The summed E-state index contributed by atoms with van der Waals surface area (Å²) in [6.45, 7) is 1.74. The first-order valence-electron chi connectivity index (χ1n) is 8.22. The smallest absolute Gasteiger partial charge is 0.294 e. The molecule has 1 aliphatic heterocycles. The molecule has 4 nitrogen and oxygen atoms in total. The van der Waals surface area contributed by atoms with E-state index in [-0.39, 0.29) is 12.6 Å². The molecule has 0 radical (unpaired) electrons. The van der Waals surface area contributed by atoms with E-state index >= 15 is 0 Å². The number of thiophene rings is 1. The first-order chi connectivity index (χ1) is 12.3. The second-order valence-electron chi connectivity index (χ2n) is 6.12. The van der Waals surface area contributed by atoms with Crippen molar-refractivity contribution in [2.45, 2.75) is 30.0 Å². The van der Waals surface area contributed by atoms with E-state index in [9.17, 15) is 21.6 Å². The minimum absolute atomic E-state index is 0.0367. The van der Waals surface area contributed by atoms with Crippen LogP contribution in [0.2, 0.25) is 0 Å². The maximum atomic E-state index is 13.1. The lowest BCUT2D eigenvalue weighted by molar-refractivity contribution is -0.139. The van der Waals surface area contributed by atoms with Crippen LogP contribution in [0.1, 0.15) is 29.3 Å². The van der Waals surface area contributed by atoms with Crippen molar-refractivity contribution in [1.82, 2.24) is 9.62 Å². The minimum Gasteiger partial charge on any atom is -0.294 e. The Morgan fingerprint density at radius 2 is 1.81 bits per heavy atom. The third kappa shape index (κ3) is 4.28. The highest BCUT2D eigenvalue weighted by Crippen LogP contribution is 2.34. The van der Waals surface area contributed by atoms with E-state index in [0.717, 1.165) is 42.9 Å². The van der Waals surface area contributed by atoms with Gasteiger partial charge in [0.25, 0.3) is 0 Å². The molecule has 1 unspecified atom stereocenters. The Hall–Kier alpha value is -1.42. The predicted octanol–water partition coefficient (Wildman–Crippen LogP) is 3.88. The van der Waals surface area contributed by atoms with Crippen LogP contribution in [0.5, 0.6) is 0 Å². The average Bonchev–Trinajstić information content (AvgIpc) is 3.28. The van der Waals surface area contributed by atoms with Crippen LogP contribution in [0.25, 0.3) is 0 Å². The molecule has 142 valence electrons. The molecule has 0 bridgehead atoms. The van der Waals surface area contributed by atoms with Crippen molar-refractivity contribution >= 4 is 21.4 Å². The molecule has 1 atom stereocenters. The highest BCUT2D eigenvalue weighted by molar-refractivity contribution is 7.89. The molecular formula is C17H19F3N2O2S2. The molecule has 2 aromatic rings. The van der Waals surface area contributed by atoms with Crippen molar-refractivity contribution in [2.24, 2.45) is 0 Å². The van der Waals surface area contributed by atoms with E-state index < -0.39 is 26.7 Å². The normalized spacial score (nSPS) is 17.5. The summed E-state index contributed by atoms with van der Waals surface area (Å²) in [5.74, 6) is 0. The van der Waals surface area contributed by atoms with E-state index in [1.54, 1.807) is 0 Å². The first-order valence-corrected chi connectivity index (χ1v) is 10.6. The van der Waals surface area contributed by atoms with Gasteiger partial charge in [0.1, 0.15) is 0 Å². The monoisotopic (exact) mass is 404 g/mol. The number of sulfonamides is 1. The fourth-order valence-corrected chi connectivity index (χ4v) is 5.27. The highest BCUT2D eigenvalue weighted by atomic mass is 32.2. The van der Waals surface area contributed by atoms with Crippen molar-refractivity contribution in [3.63, 3.8) is 0 Å². The van der Waals surface area contributed by atoms with Gasteiger partial charge in [0.05, 0.1) is 16.5 Å². The zero-order valence-electron chi connectivity index (χ0n) is 13.9. The highest BCUT2D eigenvalue weighted by Gasteiger charge is 2.37. The van der Waals surface area contributed by atoms with Gasteiger partial charge < -0.3 is 0 Å². The third-order valence-corrected chi connectivity index (χ3v) is 6.86. The molecule has 1 fully saturated rings. The van der Waals surface area contributed by atoms with Crippen molar-refractivity contribution in [2.75, 3.05) is 19.6 Å². The van der Waals surface area contributed by atoms with Crippen molar-refractivity contribution in [1.29, 1.82) is 0 Å². The lowest BCUT2D eigenvalue weighted by Crippen LogP contribution is -2.37. The summed E-state index contributed by atoms with van der Waals surface area (Å²) in [7, 11) is -4.28. The van der Waals surface area contributed by atoms with Crippen LogP contribution in [0.4, 0.5) is 13.2 Å². The summed E-state index contributed by atoms with van der Waals surface area (Å²) in [5.41, 5.74) is -1.15. The standard InChI is InChI=1S/C17H19F3N2O2S2/c18-17(19,20)13-6-1-2-8-16(13)26(23,24)21-12-14(15-7-5-11-25-15)22-9-3-4-10-22/h1-2,5-8,11,14,21H,3-4,9-10,12H2. The van der Waals surface area contributed by atoms with Gasteiger partial charge in [0.2, 0.25) is 10.0 Å². The van der Waals surface area contributed by atoms with E-state index in [1.807, 2.05) is 17.5 Å². The summed E-state index contributed by atoms with van der Waals surface area (Å²) < 4.78 is 67.0. The molecule has 1 aromatic heterocycles. The summed E-state index contributed by atoms with van der Waals surface area (Å²) in [5, 5.41) is 1.91. The average molecular weight is 404 g/mol. The topological polar surface area (TPSA) is 49.4 Å². The Labute approximate surface area is 154 Å². The second kappa shape index (κ2) is 7.67. The molecular weight excluding hydrogens is 385 g/mol. The number of halogens is 3. The van der Waals surface area contributed by atoms with Crippen LogP contribution in [-0.4, -0.2) is 33.0 Å². The molecule has 1 saturated heterocycles. The first kappa shape index (κ1) is 19.3. The number of likely N-dealkylation sites (tertiary alicyclic amines) is 1. The summed E-state index contributed by atoms with van der Waals surface area (Å²) in [6.07, 6.45) is -2.66. The molecule has 0 saturated carbocycles. The zero-order valence-corrected chi connectivity index (χ0v) is 15.5. The molecule has 1 N–H and O–H groups in total. The quantitative estimate of drug-likeness (QED) is 0.795. The largest absolute Gasteiger partial charge is 0.417 e. The maximum Gasteiger partial charge on any atom is 0.417 e. The number of hydrogen-bond donors (Lipinski definition) is 1. The summed E-state index contributed by atoms with van der Waals surface area (Å²) in [4.78, 5) is 2.43. The van der Waals surface area contributed by atoms with Gasteiger partial charge in [-0.05, 0) is 49.5 Å². The number of alkyl halides is 3. The van der Waals surface area contributed by atoms with Gasteiger partial charge in [0.15, 0.2) is 0 Å². The number of hydrogen-bond acceptors (Lipinski definition) is 4. The van der Waals surface area contributed by atoms with Gasteiger partial charge >= 0.3 is 6.18 Å². The fourth-order valence-electron chi connectivity index (χ4n) is 3.15. The van der Waals surface area contributed by atoms with Gasteiger partial charge in [-0.2, -0.15) is 13.2 Å². The van der Waals surface area contributed by atoms with Gasteiger partial charge in [-0.15, -0.1) is 11.3 Å². The van der Waals surface area contributed by atoms with Crippen LogP contribution in [-0.2, 0) is 16.2 Å². The van der Waals surface area contributed by atoms with E-state index in [0.29, 0.717) is 0 Å². The third-order valence-electron chi connectivity index (χ3n) is 4.40. The Kier molecular flexibility index (Phi) is 5.71. The van der Waals surface area contributed by atoms with Crippen LogP contribution in [0.3, 0.4) is 0 Å². The molecule has 2 heterocycles. The van der Waals surface area contributed by atoms with E-state index in [1.165, 1.54) is 23.5 Å². The zero-order chi connectivity index (χ0) is 18.8. The summed E-state index contributed by atoms with van der Waals surface area (Å²) in [6, 6.07) is 7.88. The van der Waals surface area contributed by atoms with Crippen molar-refractivity contribution in [3.8, 4) is 0 Å². The second-order valence-corrected chi connectivity index (χ2v) is 8.83. The molecule has 9 heteroatoms. The molecule has 1 aromatic carbocycles. The van der Waals surface area contributed by atoms with E-state index in [4.69, 9.17) is 0 Å². The van der Waals surface area contributed by atoms with Crippen LogP contribution < -0.4 is 4.72 Å². The van der Waals surface area contributed by atoms with E-state index in [2.05, 4.69) is 9.62 Å². The lowest BCUT2D eigenvalue weighted by atomic mass is 10.2.